The number of aldehydes is 1. The first kappa shape index (κ1) is 39.6. The second-order valence-corrected chi connectivity index (χ2v) is 15.5. The fraction of sp³-hybridized carbons (Fsp3) is 0.475. The predicted octanol–water partition coefficient (Wildman–Crippen LogP) is 3.32. The van der Waals surface area contributed by atoms with Crippen LogP contribution in [-0.2, 0) is 11.3 Å². The molecule has 1 unspecified atom stereocenters. The van der Waals surface area contributed by atoms with Gasteiger partial charge in [-0.25, -0.2) is 4.98 Å². The molecule has 1 atom stereocenters. The van der Waals surface area contributed by atoms with Gasteiger partial charge in [0.1, 0.15) is 17.8 Å². The van der Waals surface area contributed by atoms with Crippen molar-refractivity contribution in [3.63, 3.8) is 0 Å². The molecule has 15 heteroatoms. The molecular formula is C40H55N11O4. The number of hydrogen-bond donors (Lipinski definition) is 6. The number of likely N-dealkylation sites (N-methyl/N-ethyl adjacent to an activating group) is 1. The first-order valence-corrected chi connectivity index (χ1v) is 18.9. The Bertz CT molecular complexity index is 1950. The summed E-state index contributed by atoms with van der Waals surface area (Å²) >= 11 is 0. The summed E-state index contributed by atoms with van der Waals surface area (Å²) in [5, 5.41) is 30.0. The summed E-state index contributed by atoms with van der Waals surface area (Å²) < 4.78 is 2.14. The average Bonchev–Trinajstić information content (AvgIpc) is 4.08. The van der Waals surface area contributed by atoms with E-state index in [1.165, 1.54) is 18.9 Å². The van der Waals surface area contributed by atoms with E-state index in [9.17, 15) is 14.7 Å². The van der Waals surface area contributed by atoms with Crippen LogP contribution in [0.15, 0.2) is 71.3 Å². The second-order valence-electron chi connectivity index (χ2n) is 15.5. The molecule has 0 radical (unpaired) electrons. The number of aromatic nitrogens is 3. The quantitative estimate of drug-likeness (QED) is 0.0579. The van der Waals surface area contributed by atoms with Gasteiger partial charge in [-0.3, -0.25) is 19.2 Å². The largest absolute Gasteiger partial charge is 0.513 e. The molecule has 55 heavy (non-hydrogen) atoms. The van der Waals surface area contributed by atoms with E-state index in [1.807, 2.05) is 58.5 Å². The van der Waals surface area contributed by atoms with Crippen LogP contribution in [0.2, 0.25) is 0 Å². The molecule has 2 aliphatic carbocycles. The number of nitrogens with two attached hydrogens (primary N) is 2. The second kappa shape index (κ2) is 16.7. The Labute approximate surface area is 322 Å². The molecule has 2 aromatic heterocycles. The van der Waals surface area contributed by atoms with Gasteiger partial charge in [0.15, 0.2) is 6.29 Å². The number of β-amino-alcohol motifs (C(OH)–C–C–N with tert-alkyl or cyclic N) is 1. The lowest BCUT2D eigenvalue weighted by Gasteiger charge is -2.42. The van der Waals surface area contributed by atoms with E-state index in [4.69, 9.17) is 21.7 Å². The molecule has 5 aliphatic rings. The summed E-state index contributed by atoms with van der Waals surface area (Å²) in [6.45, 7) is 8.00. The Hall–Kier alpha value is -5.09. The molecule has 3 aromatic rings. The van der Waals surface area contributed by atoms with E-state index in [1.54, 1.807) is 6.07 Å². The zero-order valence-corrected chi connectivity index (χ0v) is 32.4. The van der Waals surface area contributed by atoms with Gasteiger partial charge in [-0.05, 0) is 71.8 Å². The highest BCUT2D eigenvalue weighted by molar-refractivity contribution is 6.02. The number of aliphatic imine (C=N–C) groups is 1. The molecule has 1 amide bonds. The fourth-order valence-electron chi connectivity index (χ4n) is 7.24. The Balaban J connectivity index is 0.000000364. The van der Waals surface area contributed by atoms with Gasteiger partial charge < -0.3 is 42.1 Å². The zero-order chi connectivity index (χ0) is 39.4. The monoisotopic (exact) mass is 753 g/mol. The summed E-state index contributed by atoms with van der Waals surface area (Å²) in [4.78, 5) is 38.2. The van der Waals surface area contributed by atoms with Gasteiger partial charge in [-0.15, -0.1) is 0 Å². The fourth-order valence-corrected chi connectivity index (χ4v) is 7.24. The summed E-state index contributed by atoms with van der Waals surface area (Å²) in [5.41, 5.74) is 18.4. The van der Waals surface area contributed by atoms with Crippen molar-refractivity contribution in [2.45, 2.75) is 69.8 Å². The van der Waals surface area contributed by atoms with Crippen LogP contribution < -0.4 is 27.0 Å². The third-order valence-electron chi connectivity index (χ3n) is 10.5. The van der Waals surface area contributed by atoms with Gasteiger partial charge in [0.05, 0.1) is 58.0 Å². The lowest BCUT2D eigenvalue weighted by molar-refractivity contribution is -0.118. The number of pyridine rings is 1. The van der Waals surface area contributed by atoms with Crippen molar-refractivity contribution >= 4 is 29.4 Å². The molecule has 5 heterocycles. The third-order valence-corrected chi connectivity index (χ3v) is 10.5. The first-order chi connectivity index (χ1) is 26.3. The number of para-hydroxylation sites is 1. The Morgan fingerprint density at radius 2 is 1.78 bits per heavy atom. The normalized spacial score (nSPS) is 21.1. The minimum atomic E-state index is -0.380. The van der Waals surface area contributed by atoms with Gasteiger partial charge in [0.2, 0.25) is 0 Å². The predicted molar refractivity (Wildman–Crippen MR) is 215 cm³/mol. The third kappa shape index (κ3) is 9.60. The van der Waals surface area contributed by atoms with Crippen molar-refractivity contribution in [3.8, 4) is 11.1 Å². The number of hydrogen-bond acceptors (Lipinski definition) is 12. The number of aliphatic hydroxyl groups is 2. The number of benzene rings is 1. The van der Waals surface area contributed by atoms with Crippen LogP contribution >= 0.6 is 0 Å². The molecule has 8 rings (SSSR count). The molecule has 2 saturated heterocycles. The number of likely N-dealkylation sites (tertiary alicyclic amines) is 2. The minimum Gasteiger partial charge on any atom is -0.513 e. The number of rotatable bonds is 10. The summed E-state index contributed by atoms with van der Waals surface area (Å²) in [5.74, 6) is -0.282. The number of fused-ring (bicyclic) bond motifs is 3. The number of aliphatic hydroxyl groups excluding tert-OH is 1. The van der Waals surface area contributed by atoms with Gasteiger partial charge in [0, 0.05) is 68.9 Å². The number of nitrogens with zero attached hydrogens (tertiary/aromatic N) is 7. The lowest BCUT2D eigenvalue weighted by atomic mass is 9.93. The topological polar surface area (TPSA) is 203 Å². The number of carbonyl (C=O) groups is 2. The van der Waals surface area contributed by atoms with E-state index in [0.29, 0.717) is 17.9 Å². The van der Waals surface area contributed by atoms with Crippen LogP contribution in [0.4, 0.5) is 11.4 Å². The van der Waals surface area contributed by atoms with E-state index >= 15 is 0 Å². The number of anilines is 2. The molecule has 4 fully saturated rings. The summed E-state index contributed by atoms with van der Waals surface area (Å²) in [6.07, 6.45) is 9.40. The molecule has 0 bridgehead atoms. The lowest BCUT2D eigenvalue weighted by Crippen LogP contribution is -2.57. The van der Waals surface area contributed by atoms with Crippen molar-refractivity contribution in [3.05, 3.63) is 83.4 Å². The van der Waals surface area contributed by atoms with E-state index in [2.05, 4.69) is 53.0 Å². The molecule has 1 aromatic carbocycles. The van der Waals surface area contributed by atoms with Crippen molar-refractivity contribution in [1.82, 2.24) is 29.9 Å². The average molecular weight is 754 g/mol. The Kier molecular flexibility index (Phi) is 12.0. The maximum Gasteiger partial charge on any atom is 0.250 e. The van der Waals surface area contributed by atoms with E-state index in [0.717, 1.165) is 91.5 Å². The van der Waals surface area contributed by atoms with Crippen molar-refractivity contribution in [1.29, 1.82) is 0 Å². The highest BCUT2D eigenvalue weighted by atomic mass is 16.3. The minimum absolute atomic E-state index is 0.00824. The SMILES string of the molecule is CC1c2c(cnn2C2CN(Cc3cccc(C=O)n3)C2)-c2cccc(NC(=C/C(N)=NC(=O)C3CC3)/C(N)=C\O)c2N1C.CN1CC(C)(O)C1.CNC1CC1. The molecule has 3 aliphatic heterocycles. The van der Waals surface area contributed by atoms with Gasteiger partial charge in [0.25, 0.3) is 5.91 Å². The van der Waals surface area contributed by atoms with Crippen LogP contribution in [0.25, 0.3) is 11.1 Å². The standard InChI is InChI=1S/C31H35N9O3.C5H11NO.C4H9N/c1-18-29-24(12-34-40(29)22-14-39(15-22)13-20-5-3-6-21(16-41)35-20)23-7-4-8-26(30(23)38(18)2)36-27(25(32)17-42)11-28(33)37-31(43)19-9-10-19;1-5(7)3-6(2)4-5;1-5-4-2-3-4/h3-8,11-12,16-19,22,36,42H,9-10,13-15,32H2,1-2H3,(H2,33,37,43);7H,3-4H2,1-2H3;4-5H,2-3H2,1H3/b25-17+,27-11+;;. The van der Waals surface area contributed by atoms with Crippen molar-refractivity contribution in [2.24, 2.45) is 22.4 Å². The smallest absolute Gasteiger partial charge is 0.250 e. The van der Waals surface area contributed by atoms with Crippen molar-refractivity contribution < 1.29 is 19.8 Å². The number of amides is 1. The molecule has 15 nitrogen and oxygen atoms in total. The molecule has 294 valence electrons. The van der Waals surface area contributed by atoms with Crippen molar-refractivity contribution in [2.75, 3.05) is 57.5 Å². The maximum absolute atomic E-state index is 12.1. The maximum atomic E-state index is 12.1. The van der Waals surface area contributed by atoms with Crippen LogP contribution in [0.5, 0.6) is 0 Å². The van der Waals surface area contributed by atoms with E-state index < -0.39 is 0 Å². The van der Waals surface area contributed by atoms with Crippen LogP contribution in [0, 0.1) is 5.92 Å². The first-order valence-electron chi connectivity index (χ1n) is 18.9. The van der Waals surface area contributed by atoms with Crippen LogP contribution in [-0.4, -0.2) is 112 Å². The molecule has 0 spiro atoms. The molecule has 8 N–H and O–H groups in total. The zero-order valence-electron chi connectivity index (χ0n) is 32.4. The van der Waals surface area contributed by atoms with E-state index in [-0.39, 0.29) is 41.0 Å². The molecule has 2 saturated carbocycles. The Morgan fingerprint density at radius 1 is 1.07 bits per heavy atom. The highest BCUT2D eigenvalue weighted by Crippen LogP contribution is 2.48. The Morgan fingerprint density at radius 3 is 2.35 bits per heavy atom. The highest BCUT2D eigenvalue weighted by Gasteiger charge is 2.37. The number of nitrogens with one attached hydrogen (secondary N) is 2. The van der Waals surface area contributed by atoms with Gasteiger partial charge in [-0.2, -0.15) is 10.1 Å². The summed E-state index contributed by atoms with van der Waals surface area (Å²) in [6, 6.07) is 12.6. The van der Waals surface area contributed by atoms with Gasteiger partial charge >= 0.3 is 0 Å². The van der Waals surface area contributed by atoms with Crippen LogP contribution in [0.1, 0.15) is 73.5 Å². The molecular weight excluding hydrogens is 699 g/mol. The number of amidine groups is 1. The van der Waals surface area contributed by atoms with Gasteiger partial charge in [-0.1, -0.05) is 18.2 Å². The summed E-state index contributed by atoms with van der Waals surface area (Å²) in [7, 11) is 6.04. The number of carbonyl (C=O) groups excluding carboxylic acids is 2. The van der Waals surface area contributed by atoms with Crippen LogP contribution in [0.3, 0.4) is 0 Å².